The first-order chi connectivity index (χ1) is 21.8. The van der Waals surface area contributed by atoms with Crippen molar-refractivity contribution in [3.63, 3.8) is 0 Å². The van der Waals surface area contributed by atoms with Crippen LogP contribution in [0, 0.1) is 0 Å². The molecule has 0 bridgehead atoms. The molecule has 2 aliphatic heterocycles. The summed E-state index contributed by atoms with van der Waals surface area (Å²) in [6, 6.07) is 30.4. The smallest absolute Gasteiger partial charge is 0.280 e. The first-order valence-corrected chi connectivity index (χ1v) is 14.8. The second-order valence-corrected chi connectivity index (χ2v) is 12.3. The lowest BCUT2D eigenvalue weighted by Crippen LogP contribution is -2.65. The molecule has 2 heterocycles. The fourth-order valence-electron chi connectivity index (χ4n) is 8.23. The van der Waals surface area contributed by atoms with Crippen molar-refractivity contribution in [2.75, 3.05) is 0 Å². The molecule has 6 aromatic carbocycles. The maximum Gasteiger partial charge on any atom is 0.280 e. The number of hydrogen-bond acceptors (Lipinski definition) is 7. The summed E-state index contributed by atoms with van der Waals surface area (Å²) in [6.45, 7) is 0. The average Bonchev–Trinajstić information content (AvgIpc) is 3.06. The fourth-order valence-corrected chi connectivity index (χ4v) is 8.23. The molecule has 3 N–H and O–H groups in total. The molecule has 0 spiro atoms. The minimum Gasteiger partial charge on any atom is -0.508 e. The summed E-state index contributed by atoms with van der Waals surface area (Å²) in [4.78, 5) is 29.4. The van der Waals surface area contributed by atoms with Crippen molar-refractivity contribution in [1.29, 1.82) is 0 Å². The van der Waals surface area contributed by atoms with Crippen molar-refractivity contribution < 1.29 is 34.4 Å². The van der Waals surface area contributed by atoms with Gasteiger partial charge in [0, 0.05) is 33.0 Å². The molecular formula is C38H22O7. The highest BCUT2D eigenvalue weighted by Gasteiger charge is 2.70. The van der Waals surface area contributed by atoms with Gasteiger partial charge >= 0.3 is 0 Å². The summed E-state index contributed by atoms with van der Waals surface area (Å²) in [5.74, 6) is -7.94. The van der Waals surface area contributed by atoms with Crippen LogP contribution in [0.1, 0.15) is 43.7 Å². The number of Topliss-reactive ketones (excluding diaryl/α,β-unsaturated/α-hetero) is 2. The Labute approximate surface area is 255 Å². The molecular weight excluding hydrogens is 568 g/mol. The third-order valence-electron chi connectivity index (χ3n) is 10.1. The second kappa shape index (κ2) is 7.95. The van der Waals surface area contributed by atoms with Gasteiger partial charge in [-0.1, -0.05) is 78.9 Å². The Balaban J connectivity index is 1.33. The van der Waals surface area contributed by atoms with Gasteiger partial charge in [-0.2, -0.15) is 0 Å². The molecule has 0 fully saturated rings. The standard InChI is InChI=1S/C38H22O7/c39-22-12-6-19(7-13-22)24-15-9-21-11-17-26-32-28(21)30(24)36(41)38(43)34(32)33-31-25(45-38)16-10-20-8-14-23(18-4-2-1-3-5-18)29(27(20)31)35(40)37(33,42)44-26/h1-17,33-34,39,42-43H. The van der Waals surface area contributed by atoms with Crippen LogP contribution in [0.3, 0.4) is 0 Å². The number of phenols is 1. The minimum atomic E-state index is -2.44. The van der Waals surface area contributed by atoms with E-state index >= 15 is 0 Å². The third-order valence-corrected chi connectivity index (χ3v) is 10.1. The van der Waals surface area contributed by atoms with Crippen molar-refractivity contribution >= 4 is 33.1 Å². The molecule has 0 amide bonds. The van der Waals surface area contributed by atoms with Gasteiger partial charge in [-0.25, -0.2) is 0 Å². The van der Waals surface area contributed by atoms with Crippen LogP contribution in [0.25, 0.3) is 43.8 Å². The van der Waals surface area contributed by atoms with Gasteiger partial charge in [-0.05, 0) is 57.3 Å². The first-order valence-electron chi connectivity index (χ1n) is 14.8. The Morgan fingerprint density at radius 1 is 0.533 bits per heavy atom. The molecule has 4 aliphatic rings. The van der Waals surface area contributed by atoms with E-state index in [0.29, 0.717) is 44.2 Å². The molecule has 7 heteroatoms. The van der Waals surface area contributed by atoms with Crippen LogP contribution < -0.4 is 9.47 Å². The molecule has 0 saturated carbocycles. The van der Waals surface area contributed by atoms with Gasteiger partial charge in [0.05, 0.1) is 11.8 Å². The van der Waals surface area contributed by atoms with Crippen LogP contribution in [0.4, 0.5) is 0 Å². The number of hydrogen-bond donors (Lipinski definition) is 3. The van der Waals surface area contributed by atoms with E-state index in [1.807, 2.05) is 54.6 Å². The van der Waals surface area contributed by atoms with Crippen molar-refractivity contribution in [3.05, 3.63) is 125 Å². The summed E-state index contributed by atoms with van der Waals surface area (Å²) < 4.78 is 12.8. The number of rotatable bonds is 2. The molecule has 2 aliphatic carbocycles. The molecule has 6 aromatic rings. The van der Waals surface area contributed by atoms with Gasteiger partial charge in [0.2, 0.25) is 11.6 Å². The maximum atomic E-state index is 14.7. The number of aromatic hydroxyl groups is 1. The molecule has 7 nitrogen and oxygen atoms in total. The second-order valence-electron chi connectivity index (χ2n) is 12.3. The van der Waals surface area contributed by atoms with Crippen LogP contribution in [-0.4, -0.2) is 38.5 Å². The lowest BCUT2D eigenvalue weighted by atomic mass is 9.59. The number of aliphatic hydroxyl groups is 2. The number of benzene rings is 6. The number of carbonyl (C=O) groups is 2. The van der Waals surface area contributed by atoms with E-state index in [0.717, 1.165) is 16.3 Å². The summed E-state index contributed by atoms with van der Waals surface area (Å²) in [7, 11) is 0. The highest BCUT2D eigenvalue weighted by molar-refractivity contribution is 6.23. The average molecular weight is 591 g/mol. The van der Waals surface area contributed by atoms with Crippen LogP contribution in [-0.2, 0) is 0 Å². The van der Waals surface area contributed by atoms with E-state index in [-0.39, 0.29) is 22.8 Å². The predicted octanol–water partition coefficient (Wildman–Crippen LogP) is 6.45. The van der Waals surface area contributed by atoms with E-state index in [9.17, 15) is 24.9 Å². The molecule has 45 heavy (non-hydrogen) atoms. The van der Waals surface area contributed by atoms with Crippen LogP contribution >= 0.6 is 0 Å². The van der Waals surface area contributed by atoms with Gasteiger partial charge in [0.25, 0.3) is 11.6 Å². The Kier molecular flexibility index (Phi) is 4.40. The predicted molar refractivity (Wildman–Crippen MR) is 166 cm³/mol. The fraction of sp³-hybridized carbons (Fsp3) is 0.105. The minimum absolute atomic E-state index is 0.0828. The lowest BCUT2D eigenvalue weighted by molar-refractivity contribution is -0.193. The number of carbonyl (C=O) groups excluding carboxylic acids is 2. The molecule has 0 aromatic heterocycles. The summed E-state index contributed by atoms with van der Waals surface area (Å²) in [5, 5.41) is 37.6. The van der Waals surface area contributed by atoms with Gasteiger partial charge in [0.15, 0.2) is 0 Å². The number of ether oxygens (including phenoxy) is 2. The normalized spacial score (nSPS) is 24.9. The zero-order chi connectivity index (χ0) is 30.4. The number of ketones is 2. The molecule has 10 rings (SSSR count). The van der Waals surface area contributed by atoms with Gasteiger partial charge < -0.3 is 24.8 Å². The monoisotopic (exact) mass is 590 g/mol. The van der Waals surface area contributed by atoms with Crippen LogP contribution in [0.5, 0.6) is 17.2 Å². The van der Waals surface area contributed by atoms with Crippen LogP contribution in [0.15, 0.2) is 103 Å². The third kappa shape index (κ3) is 2.84. The lowest BCUT2D eigenvalue weighted by Gasteiger charge is -2.55. The topological polar surface area (TPSA) is 113 Å². The maximum absolute atomic E-state index is 14.7. The Hall–Kier alpha value is -5.50. The summed E-state index contributed by atoms with van der Waals surface area (Å²) in [6.07, 6.45) is 0. The van der Waals surface area contributed by atoms with Crippen molar-refractivity contribution in [1.82, 2.24) is 0 Å². The van der Waals surface area contributed by atoms with Gasteiger partial charge in [-0.3, -0.25) is 9.59 Å². The molecule has 4 atom stereocenters. The van der Waals surface area contributed by atoms with E-state index in [1.54, 1.807) is 36.4 Å². The van der Waals surface area contributed by atoms with Gasteiger partial charge in [0.1, 0.15) is 17.2 Å². The zero-order valence-electron chi connectivity index (χ0n) is 23.4. The largest absolute Gasteiger partial charge is 0.508 e. The van der Waals surface area contributed by atoms with Crippen molar-refractivity contribution in [3.8, 4) is 39.5 Å². The Morgan fingerprint density at radius 3 is 1.47 bits per heavy atom. The highest BCUT2D eigenvalue weighted by Crippen LogP contribution is 2.66. The van der Waals surface area contributed by atoms with E-state index in [4.69, 9.17) is 9.47 Å². The molecule has 4 unspecified atom stereocenters. The molecule has 0 radical (unpaired) electrons. The van der Waals surface area contributed by atoms with E-state index in [1.165, 1.54) is 12.1 Å². The van der Waals surface area contributed by atoms with E-state index in [2.05, 4.69) is 0 Å². The van der Waals surface area contributed by atoms with E-state index < -0.39 is 35.0 Å². The number of phenolic OH excluding ortho intramolecular Hbond substituents is 1. The summed E-state index contributed by atoms with van der Waals surface area (Å²) >= 11 is 0. The zero-order valence-corrected chi connectivity index (χ0v) is 23.4. The molecule has 0 saturated heterocycles. The highest BCUT2D eigenvalue weighted by atomic mass is 16.6. The van der Waals surface area contributed by atoms with Crippen molar-refractivity contribution in [2.24, 2.45) is 0 Å². The van der Waals surface area contributed by atoms with Crippen LogP contribution in [0.2, 0.25) is 0 Å². The first kappa shape index (κ1) is 24.9. The Bertz CT molecular complexity index is 2360. The van der Waals surface area contributed by atoms with Crippen molar-refractivity contribution in [2.45, 2.75) is 23.4 Å². The quantitative estimate of drug-likeness (QED) is 0.212. The Morgan fingerprint density at radius 2 is 0.978 bits per heavy atom. The SMILES string of the molecule is O=C1c2c(-c3ccc(O)cc3)ccc3ccc4c(c23)C2C3c5c(ccc6ccc(-c7ccccc7)c(c56)C(=O)C3(O)O4)OC12O. The molecule has 216 valence electrons. The van der Waals surface area contributed by atoms with Gasteiger partial charge in [-0.15, -0.1) is 0 Å². The summed E-state index contributed by atoms with van der Waals surface area (Å²) in [5.41, 5.74) is 4.27.